The second-order valence-electron chi connectivity index (χ2n) is 6.63. The smallest absolute Gasteiger partial charge is 0.252 e. The summed E-state index contributed by atoms with van der Waals surface area (Å²) in [7, 11) is 3.19. The summed E-state index contributed by atoms with van der Waals surface area (Å²) >= 11 is 0. The van der Waals surface area contributed by atoms with Crippen molar-refractivity contribution in [2.24, 2.45) is 0 Å². The third-order valence-electron chi connectivity index (χ3n) is 4.61. The zero-order valence-electron chi connectivity index (χ0n) is 17.2. The van der Waals surface area contributed by atoms with E-state index < -0.39 is 0 Å². The maximum absolute atomic E-state index is 12.2. The van der Waals surface area contributed by atoms with E-state index in [1.54, 1.807) is 43.3 Å². The third-order valence-corrected chi connectivity index (χ3v) is 4.61. The molecular formula is C22H23N5O3. The predicted molar refractivity (Wildman–Crippen MR) is 112 cm³/mol. The van der Waals surface area contributed by atoms with Crippen LogP contribution in [0.5, 0.6) is 5.88 Å². The number of aryl methyl sites for hydroxylation is 1. The molecule has 1 aromatic carbocycles. The number of carbonyl (C=O) groups is 1. The Bertz CT molecular complexity index is 1070. The number of carbonyl (C=O) groups excluding carboxylic acids is 1. The average Bonchev–Trinajstić information content (AvgIpc) is 3.20. The molecule has 0 saturated heterocycles. The van der Waals surface area contributed by atoms with E-state index in [0.29, 0.717) is 36.0 Å². The van der Waals surface area contributed by atoms with Crippen LogP contribution in [0.15, 0.2) is 42.7 Å². The number of ether oxygens (including phenoxy) is 2. The van der Waals surface area contributed by atoms with Gasteiger partial charge in [0.05, 0.1) is 36.1 Å². The summed E-state index contributed by atoms with van der Waals surface area (Å²) in [6, 6.07) is 11.1. The first-order chi connectivity index (χ1) is 14.6. The summed E-state index contributed by atoms with van der Waals surface area (Å²) in [4.78, 5) is 16.6. The second kappa shape index (κ2) is 9.67. The SMILES string of the molecule is COCCCNC(=O)c1ccc(-n2ncc(-c3ccc(C#N)c(C)c3)c2OC)nc1. The number of nitrogens with zero attached hydrogens (tertiary/aromatic N) is 4. The minimum atomic E-state index is -0.189. The first-order valence-electron chi connectivity index (χ1n) is 9.45. The van der Waals surface area contributed by atoms with E-state index in [0.717, 1.165) is 23.1 Å². The lowest BCUT2D eigenvalue weighted by Gasteiger charge is -2.09. The number of hydrogen-bond donors (Lipinski definition) is 1. The Morgan fingerprint density at radius 1 is 1.23 bits per heavy atom. The van der Waals surface area contributed by atoms with Gasteiger partial charge < -0.3 is 14.8 Å². The molecule has 0 atom stereocenters. The normalized spacial score (nSPS) is 10.5. The molecule has 0 bridgehead atoms. The van der Waals surface area contributed by atoms with Crippen molar-refractivity contribution in [3.63, 3.8) is 0 Å². The molecule has 2 aromatic heterocycles. The van der Waals surface area contributed by atoms with Crippen LogP contribution in [0.25, 0.3) is 16.9 Å². The van der Waals surface area contributed by atoms with Gasteiger partial charge >= 0.3 is 0 Å². The van der Waals surface area contributed by atoms with Crippen LogP contribution in [0.1, 0.15) is 27.9 Å². The van der Waals surface area contributed by atoms with E-state index in [-0.39, 0.29) is 5.91 Å². The molecule has 3 aromatic rings. The number of pyridine rings is 1. The molecular weight excluding hydrogens is 382 g/mol. The van der Waals surface area contributed by atoms with Crippen LogP contribution in [0, 0.1) is 18.3 Å². The summed E-state index contributed by atoms with van der Waals surface area (Å²) in [6.45, 7) is 3.02. The van der Waals surface area contributed by atoms with Gasteiger partial charge in [0.2, 0.25) is 5.88 Å². The average molecular weight is 405 g/mol. The van der Waals surface area contributed by atoms with E-state index in [9.17, 15) is 4.79 Å². The van der Waals surface area contributed by atoms with Gasteiger partial charge in [-0.15, -0.1) is 0 Å². The van der Waals surface area contributed by atoms with Crippen molar-refractivity contribution in [3.8, 4) is 28.9 Å². The van der Waals surface area contributed by atoms with Crippen molar-refractivity contribution in [3.05, 3.63) is 59.4 Å². The zero-order chi connectivity index (χ0) is 21.5. The van der Waals surface area contributed by atoms with Gasteiger partial charge in [-0.2, -0.15) is 15.0 Å². The molecule has 8 heteroatoms. The first-order valence-corrected chi connectivity index (χ1v) is 9.45. The lowest BCUT2D eigenvalue weighted by molar-refractivity contribution is 0.0948. The van der Waals surface area contributed by atoms with Crippen molar-refractivity contribution in [2.75, 3.05) is 27.4 Å². The standard InChI is InChI=1S/C22H23N5O3/c1-15-11-16(5-6-17(15)12-23)19-14-26-27(22(19)30-3)20-8-7-18(13-25-20)21(28)24-9-4-10-29-2/h5-8,11,13-14H,4,9-10H2,1-3H3,(H,24,28). The van der Waals surface area contributed by atoms with Crippen molar-refractivity contribution in [2.45, 2.75) is 13.3 Å². The molecule has 0 saturated carbocycles. The Kier molecular flexibility index (Phi) is 6.78. The molecule has 1 amide bonds. The lowest BCUT2D eigenvalue weighted by Crippen LogP contribution is -2.25. The summed E-state index contributed by atoms with van der Waals surface area (Å²) in [5.74, 6) is 0.856. The number of nitrogens with one attached hydrogen (secondary N) is 1. The third kappa shape index (κ3) is 4.47. The number of nitriles is 1. The minimum Gasteiger partial charge on any atom is -0.480 e. The quantitative estimate of drug-likeness (QED) is 0.578. The number of hydrogen-bond acceptors (Lipinski definition) is 6. The highest BCUT2D eigenvalue weighted by atomic mass is 16.5. The van der Waals surface area contributed by atoms with E-state index in [2.05, 4.69) is 21.5 Å². The Labute approximate surface area is 175 Å². The fraction of sp³-hybridized carbons (Fsp3) is 0.273. The summed E-state index contributed by atoms with van der Waals surface area (Å²) < 4.78 is 12.1. The lowest BCUT2D eigenvalue weighted by atomic mass is 10.0. The minimum absolute atomic E-state index is 0.189. The van der Waals surface area contributed by atoms with Gasteiger partial charge in [-0.05, 0) is 48.7 Å². The van der Waals surface area contributed by atoms with Gasteiger partial charge in [0, 0.05) is 26.5 Å². The molecule has 0 spiro atoms. The van der Waals surface area contributed by atoms with Crippen LogP contribution >= 0.6 is 0 Å². The largest absolute Gasteiger partial charge is 0.480 e. The topological polar surface area (TPSA) is 102 Å². The van der Waals surface area contributed by atoms with E-state index in [1.165, 1.54) is 6.20 Å². The Balaban J connectivity index is 1.82. The van der Waals surface area contributed by atoms with Crippen molar-refractivity contribution in [1.82, 2.24) is 20.1 Å². The van der Waals surface area contributed by atoms with Gasteiger partial charge in [-0.25, -0.2) is 4.98 Å². The first kappa shape index (κ1) is 21.0. The zero-order valence-corrected chi connectivity index (χ0v) is 17.2. The Morgan fingerprint density at radius 3 is 2.70 bits per heavy atom. The fourth-order valence-electron chi connectivity index (χ4n) is 3.02. The van der Waals surface area contributed by atoms with Crippen molar-refractivity contribution < 1.29 is 14.3 Å². The van der Waals surface area contributed by atoms with Gasteiger partial charge in [0.25, 0.3) is 5.91 Å². The number of methoxy groups -OCH3 is 2. The predicted octanol–water partition coefficient (Wildman–Crippen LogP) is 2.89. The van der Waals surface area contributed by atoms with Crippen LogP contribution < -0.4 is 10.1 Å². The summed E-state index contributed by atoms with van der Waals surface area (Å²) in [5.41, 5.74) is 3.64. The van der Waals surface area contributed by atoms with Gasteiger partial charge in [0.15, 0.2) is 5.82 Å². The number of aromatic nitrogens is 3. The monoisotopic (exact) mass is 405 g/mol. The second-order valence-corrected chi connectivity index (χ2v) is 6.63. The highest BCUT2D eigenvalue weighted by molar-refractivity contribution is 5.93. The number of amides is 1. The molecule has 8 nitrogen and oxygen atoms in total. The van der Waals surface area contributed by atoms with Crippen molar-refractivity contribution in [1.29, 1.82) is 5.26 Å². The van der Waals surface area contributed by atoms with Crippen LogP contribution in [-0.4, -0.2) is 48.0 Å². The van der Waals surface area contributed by atoms with Crippen LogP contribution in [0.2, 0.25) is 0 Å². The molecule has 0 aliphatic carbocycles. The highest BCUT2D eigenvalue weighted by Gasteiger charge is 2.17. The van der Waals surface area contributed by atoms with Crippen molar-refractivity contribution >= 4 is 5.91 Å². The van der Waals surface area contributed by atoms with Crippen LogP contribution in [0.4, 0.5) is 0 Å². The van der Waals surface area contributed by atoms with Crippen LogP contribution in [0.3, 0.4) is 0 Å². The van der Waals surface area contributed by atoms with Crippen LogP contribution in [-0.2, 0) is 4.74 Å². The molecule has 154 valence electrons. The van der Waals surface area contributed by atoms with Gasteiger partial charge in [0.1, 0.15) is 0 Å². The number of rotatable bonds is 8. The molecule has 0 aliphatic heterocycles. The summed E-state index contributed by atoms with van der Waals surface area (Å²) in [5, 5.41) is 16.4. The molecule has 2 heterocycles. The molecule has 0 fully saturated rings. The number of benzene rings is 1. The van der Waals surface area contributed by atoms with E-state index in [4.69, 9.17) is 14.7 Å². The highest BCUT2D eigenvalue weighted by Crippen LogP contribution is 2.32. The van der Waals surface area contributed by atoms with E-state index >= 15 is 0 Å². The maximum Gasteiger partial charge on any atom is 0.252 e. The Hall–Kier alpha value is -3.70. The molecule has 1 N–H and O–H groups in total. The fourth-order valence-corrected chi connectivity index (χ4v) is 3.02. The molecule has 0 radical (unpaired) electrons. The molecule has 0 aliphatic rings. The van der Waals surface area contributed by atoms with Gasteiger partial charge in [-0.1, -0.05) is 6.07 Å². The maximum atomic E-state index is 12.2. The van der Waals surface area contributed by atoms with E-state index in [1.807, 2.05) is 19.1 Å². The Morgan fingerprint density at radius 2 is 2.07 bits per heavy atom. The molecule has 3 rings (SSSR count). The summed E-state index contributed by atoms with van der Waals surface area (Å²) in [6.07, 6.45) is 3.95. The molecule has 0 unspecified atom stereocenters. The van der Waals surface area contributed by atoms with Gasteiger partial charge in [-0.3, -0.25) is 4.79 Å². The molecule has 30 heavy (non-hydrogen) atoms.